The fourth-order valence-corrected chi connectivity index (χ4v) is 2.33. The number of hydrogen-bond acceptors (Lipinski definition) is 5. The fourth-order valence-electron chi connectivity index (χ4n) is 2.33. The van der Waals surface area contributed by atoms with Gasteiger partial charge in [0.15, 0.2) is 5.82 Å². The molecule has 122 valence electrons. The third-order valence-electron chi connectivity index (χ3n) is 3.48. The molecule has 1 amide bonds. The lowest BCUT2D eigenvalue weighted by Crippen LogP contribution is -2.26. The number of carbonyl (C=O) groups excluding carboxylic acids is 1. The van der Waals surface area contributed by atoms with Gasteiger partial charge < -0.3 is 13.8 Å². The van der Waals surface area contributed by atoms with E-state index in [-0.39, 0.29) is 24.2 Å². The van der Waals surface area contributed by atoms with Gasteiger partial charge in [-0.2, -0.15) is 18.2 Å². The lowest BCUT2D eigenvalue weighted by molar-refractivity contribution is -0.159. The zero-order valence-electron chi connectivity index (χ0n) is 11.8. The minimum atomic E-state index is -4.66. The zero-order chi connectivity index (χ0) is 16.4. The van der Waals surface area contributed by atoms with Crippen molar-refractivity contribution in [2.24, 2.45) is 0 Å². The smallest absolute Gasteiger partial charge is 0.465 e. The van der Waals surface area contributed by atoms with Crippen LogP contribution in [0.5, 0.6) is 0 Å². The summed E-state index contributed by atoms with van der Waals surface area (Å²) in [5.41, 5.74) is 0. The average Bonchev–Trinajstić information content (AvgIpc) is 3.22. The van der Waals surface area contributed by atoms with Crippen LogP contribution in [0.25, 0.3) is 6.08 Å². The largest absolute Gasteiger partial charge is 0.471 e. The molecule has 3 rings (SSSR count). The molecule has 0 saturated carbocycles. The Morgan fingerprint density at radius 3 is 2.91 bits per heavy atom. The first-order valence-corrected chi connectivity index (χ1v) is 6.85. The highest BCUT2D eigenvalue weighted by Crippen LogP contribution is 2.31. The number of halogens is 3. The summed E-state index contributed by atoms with van der Waals surface area (Å²) in [6, 6.07) is 3.40. The van der Waals surface area contributed by atoms with E-state index in [1.807, 2.05) is 0 Å². The highest BCUT2D eigenvalue weighted by molar-refractivity contribution is 5.91. The van der Waals surface area contributed by atoms with Crippen molar-refractivity contribution < 1.29 is 26.9 Å². The molecule has 0 radical (unpaired) electrons. The molecule has 2 aromatic rings. The van der Waals surface area contributed by atoms with Crippen LogP contribution in [0.4, 0.5) is 13.2 Å². The number of likely N-dealkylation sites (tertiary alicyclic amines) is 1. The van der Waals surface area contributed by atoms with E-state index in [1.54, 1.807) is 12.1 Å². The van der Waals surface area contributed by atoms with Gasteiger partial charge in [0, 0.05) is 25.1 Å². The summed E-state index contributed by atoms with van der Waals surface area (Å²) in [7, 11) is 0. The topological polar surface area (TPSA) is 72.4 Å². The molecule has 0 unspecified atom stereocenters. The van der Waals surface area contributed by atoms with Crippen LogP contribution in [0.3, 0.4) is 0 Å². The van der Waals surface area contributed by atoms with Crippen LogP contribution in [0, 0.1) is 0 Å². The Labute approximate surface area is 128 Å². The molecular weight excluding hydrogens is 315 g/mol. The highest BCUT2D eigenvalue weighted by Gasteiger charge is 2.40. The van der Waals surface area contributed by atoms with Gasteiger partial charge in [0.25, 0.3) is 0 Å². The highest BCUT2D eigenvalue weighted by atomic mass is 19.4. The molecule has 3 heterocycles. The summed E-state index contributed by atoms with van der Waals surface area (Å²) in [4.78, 5) is 16.9. The van der Waals surface area contributed by atoms with Crippen molar-refractivity contribution in [2.75, 3.05) is 13.1 Å². The van der Waals surface area contributed by atoms with Gasteiger partial charge in [-0.15, -0.1) is 0 Å². The molecule has 0 bridgehead atoms. The van der Waals surface area contributed by atoms with Gasteiger partial charge in [-0.3, -0.25) is 4.79 Å². The van der Waals surface area contributed by atoms with Gasteiger partial charge in [0.2, 0.25) is 5.91 Å². The van der Waals surface area contributed by atoms with Gasteiger partial charge in [-0.1, -0.05) is 5.16 Å². The molecule has 6 nitrogen and oxygen atoms in total. The summed E-state index contributed by atoms with van der Waals surface area (Å²) in [6.07, 6.45) is 0.206. The number of carbonyl (C=O) groups is 1. The zero-order valence-corrected chi connectivity index (χ0v) is 11.8. The molecule has 0 aromatic carbocycles. The minimum Gasteiger partial charge on any atom is -0.465 e. The summed E-state index contributed by atoms with van der Waals surface area (Å²) in [6.45, 7) is 0.667. The molecule has 23 heavy (non-hydrogen) atoms. The average molecular weight is 327 g/mol. The van der Waals surface area contributed by atoms with Crippen LogP contribution in [0.2, 0.25) is 0 Å². The van der Waals surface area contributed by atoms with Crippen LogP contribution in [-0.2, 0) is 11.0 Å². The second-order valence-corrected chi connectivity index (χ2v) is 5.07. The van der Waals surface area contributed by atoms with E-state index in [2.05, 4.69) is 14.7 Å². The molecule has 2 aromatic heterocycles. The molecule has 1 fully saturated rings. The predicted octanol–water partition coefficient (Wildman–Crippen LogP) is 2.71. The summed E-state index contributed by atoms with van der Waals surface area (Å²) < 4.78 is 46.6. The van der Waals surface area contributed by atoms with E-state index in [9.17, 15) is 18.0 Å². The van der Waals surface area contributed by atoms with Crippen LogP contribution in [0.15, 0.2) is 33.4 Å². The summed E-state index contributed by atoms with van der Waals surface area (Å²) in [5, 5.41) is 3.37. The van der Waals surface area contributed by atoms with Crippen LogP contribution >= 0.6 is 0 Å². The van der Waals surface area contributed by atoms with E-state index in [0.717, 1.165) is 0 Å². The van der Waals surface area contributed by atoms with E-state index in [4.69, 9.17) is 4.42 Å². The number of amides is 1. The molecule has 1 aliphatic heterocycles. The quantitative estimate of drug-likeness (QED) is 0.811. The van der Waals surface area contributed by atoms with Crippen molar-refractivity contribution in [2.45, 2.75) is 18.5 Å². The Bertz CT molecular complexity index is 706. The lowest BCUT2D eigenvalue weighted by Gasteiger charge is -2.12. The standard InChI is InChI=1S/C14H12F3N3O3/c15-14(16,17)13-18-12(19-23-13)9-5-6-20(8-9)11(21)4-3-10-2-1-7-22-10/h1-4,7,9H,5-6,8H2/b4-3+/t9-/m0/s1. The maximum atomic E-state index is 12.4. The van der Waals surface area contributed by atoms with Crippen molar-refractivity contribution >= 4 is 12.0 Å². The fraction of sp³-hybridized carbons (Fsp3) is 0.357. The van der Waals surface area contributed by atoms with Crippen molar-refractivity contribution in [1.29, 1.82) is 0 Å². The number of aromatic nitrogens is 2. The van der Waals surface area contributed by atoms with E-state index < -0.39 is 12.1 Å². The van der Waals surface area contributed by atoms with E-state index >= 15 is 0 Å². The first-order valence-electron chi connectivity index (χ1n) is 6.85. The van der Waals surface area contributed by atoms with Crippen molar-refractivity contribution in [3.63, 3.8) is 0 Å². The van der Waals surface area contributed by atoms with Gasteiger partial charge in [-0.25, -0.2) is 0 Å². The SMILES string of the molecule is O=C(/C=C/c1ccco1)N1CC[C@H](c2noc(C(F)(F)F)n2)C1. The summed E-state index contributed by atoms with van der Waals surface area (Å²) >= 11 is 0. The van der Waals surface area contributed by atoms with Crippen LogP contribution in [0.1, 0.15) is 29.8 Å². The van der Waals surface area contributed by atoms with Gasteiger partial charge in [0.1, 0.15) is 5.76 Å². The molecular formula is C14H12F3N3O3. The Kier molecular flexibility index (Phi) is 3.93. The summed E-state index contributed by atoms with van der Waals surface area (Å²) in [5.74, 6) is -1.46. The predicted molar refractivity (Wildman–Crippen MR) is 71.0 cm³/mol. The molecule has 1 atom stereocenters. The van der Waals surface area contributed by atoms with Gasteiger partial charge in [0.05, 0.1) is 6.26 Å². The first-order chi connectivity index (χ1) is 10.9. The van der Waals surface area contributed by atoms with Crippen LogP contribution < -0.4 is 0 Å². The molecule has 0 spiro atoms. The molecule has 0 aliphatic carbocycles. The number of hydrogen-bond donors (Lipinski definition) is 0. The van der Waals surface area contributed by atoms with Gasteiger partial charge in [-0.05, 0) is 24.6 Å². The Hall–Kier alpha value is -2.58. The van der Waals surface area contributed by atoms with Crippen LogP contribution in [-0.4, -0.2) is 34.0 Å². The van der Waals surface area contributed by atoms with Crippen molar-refractivity contribution in [3.05, 3.63) is 41.9 Å². The Morgan fingerprint density at radius 2 is 2.26 bits per heavy atom. The third-order valence-corrected chi connectivity index (χ3v) is 3.48. The number of rotatable bonds is 3. The monoisotopic (exact) mass is 327 g/mol. The second kappa shape index (κ2) is 5.90. The van der Waals surface area contributed by atoms with Crippen molar-refractivity contribution in [3.8, 4) is 0 Å². The minimum absolute atomic E-state index is 0.0253. The van der Waals surface area contributed by atoms with Crippen molar-refractivity contribution in [1.82, 2.24) is 15.0 Å². The van der Waals surface area contributed by atoms with Gasteiger partial charge >= 0.3 is 12.1 Å². The normalized spacial score (nSPS) is 18.9. The lowest BCUT2D eigenvalue weighted by atomic mass is 10.1. The molecule has 0 N–H and O–H groups in total. The first kappa shape index (κ1) is 15.3. The number of furan rings is 1. The molecule has 9 heteroatoms. The third kappa shape index (κ3) is 3.43. The maximum Gasteiger partial charge on any atom is 0.471 e. The molecule has 1 aliphatic rings. The Morgan fingerprint density at radius 1 is 1.43 bits per heavy atom. The van der Waals surface area contributed by atoms with E-state index in [0.29, 0.717) is 18.7 Å². The Balaban J connectivity index is 1.62. The number of alkyl halides is 3. The van der Waals surface area contributed by atoms with E-state index in [1.165, 1.54) is 23.3 Å². The number of nitrogens with zero attached hydrogens (tertiary/aromatic N) is 3. The second-order valence-electron chi connectivity index (χ2n) is 5.07. The maximum absolute atomic E-state index is 12.4. The molecule has 1 saturated heterocycles.